The zero-order valence-electron chi connectivity index (χ0n) is 12.8. The highest BCUT2D eigenvalue weighted by Crippen LogP contribution is 2.46. The molecular weight excluding hydrogens is 240 g/mol. The number of rotatable bonds is 0. The van der Waals surface area contributed by atoms with Gasteiger partial charge in [-0.3, -0.25) is 0 Å². The maximum Gasteiger partial charge on any atom is -0.00264 e. The lowest BCUT2D eigenvalue weighted by Gasteiger charge is -2.00. The van der Waals surface area contributed by atoms with Crippen LogP contribution < -0.4 is 0 Å². The van der Waals surface area contributed by atoms with Gasteiger partial charge in [-0.1, -0.05) is 88.4 Å². The van der Waals surface area contributed by atoms with Gasteiger partial charge in [0, 0.05) is 0 Å². The molecule has 0 aliphatic heterocycles. The SMILES string of the molecule is CC.CC.c1ccc2c(c1)-c1cccc3cccc-2c13. The van der Waals surface area contributed by atoms with Crippen molar-refractivity contribution in [2.24, 2.45) is 0 Å². The number of benzene rings is 3. The molecule has 20 heavy (non-hydrogen) atoms. The van der Waals surface area contributed by atoms with Crippen LogP contribution in [0.2, 0.25) is 0 Å². The fourth-order valence-electron chi connectivity index (χ4n) is 2.74. The summed E-state index contributed by atoms with van der Waals surface area (Å²) >= 11 is 0. The van der Waals surface area contributed by atoms with E-state index in [9.17, 15) is 0 Å². The van der Waals surface area contributed by atoms with E-state index in [1.54, 1.807) is 0 Å². The molecule has 0 bridgehead atoms. The van der Waals surface area contributed by atoms with E-state index < -0.39 is 0 Å². The largest absolute Gasteiger partial charge is 0.0683 e. The first kappa shape index (κ1) is 14.3. The molecule has 1 aliphatic carbocycles. The van der Waals surface area contributed by atoms with Gasteiger partial charge in [0.2, 0.25) is 0 Å². The minimum atomic E-state index is 1.34. The third kappa shape index (κ3) is 2.12. The van der Waals surface area contributed by atoms with Gasteiger partial charge in [-0.05, 0) is 33.0 Å². The van der Waals surface area contributed by atoms with Crippen LogP contribution in [0.5, 0.6) is 0 Å². The molecule has 102 valence electrons. The van der Waals surface area contributed by atoms with E-state index >= 15 is 0 Å². The summed E-state index contributed by atoms with van der Waals surface area (Å²) < 4.78 is 0. The van der Waals surface area contributed by atoms with Gasteiger partial charge in [-0.25, -0.2) is 0 Å². The first-order valence-corrected chi connectivity index (χ1v) is 7.57. The highest BCUT2D eigenvalue weighted by Gasteiger charge is 2.19. The Hall–Kier alpha value is -2.08. The van der Waals surface area contributed by atoms with Crippen LogP contribution in [-0.2, 0) is 0 Å². The van der Waals surface area contributed by atoms with Crippen molar-refractivity contribution in [3.8, 4) is 22.3 Å². The minimum Gasteiger partial charge on any atom is -0.0683 e. The second-order valence-corrected chi connectivity index (χ2v) is 4.25. The Balaban J connectivity index is 0.000000340. The van der Waals surface area contributed by atoms with E-state index in [0.29, 0.717) is 0 Å². The van der Waals surface area contributed by atoms with Crippen molar-refractivity contribution in [2.45, 2.75) is 27.7 Å². The molecule has 0 spiro atoms. The monoisotopic (exact) mass is 262 g/mol. The molecule has 0 aromatic heterocycles. The zero-order valence-corrected chi connectivity index (χ0v) is 12.8. The van der Waals surface area contributed by atoms with Crippen molar-refractivity contribution < 1.29 is 0 Å². The average Bonchev–Trinajstić information content (AvgIpc) is 2.89. The van der Waals surface area contributed by atoms with E-state index in [1.807, 2.05) is 27.7 Å². The number of fused-ring (bicyclic) bond motifs is 3. The van der Waals surface area contributed by atoms with Crippen molar-refractivity contribution in [3.05, 3.63) is 60.7 Å². The Kier molecular flexibility index (Phi) is 4.57. The molecule has 0 heterocycles. The van der Waals surface area contributed by atoms with Gasteiger partial charge in [0.25, 0.3) is 0 Å². The fourth-order valence-corrected chi connectivity index (χ4v) is 2.74. The van der Waals surface area contributed by atoms with Crippen molar-refractivity contribution >= 4 is 10.8 Å². The van der Waals surface area contributed by atoms with Gasteiger partial charge in [-0.2, -0.15) is 0 Å². The van der Waals surface area contributed by atoms with E-state index in [4.69, 9.17) is 0 Å². The highest BCUT2D eigenvalue weighted by molar-refractivity contribution is 6.15. The standard InChI is InChI=1S/C16H10.2C2H6/c1-2-8-13-12(7-1)14-9-3-5-11-6-4-10-15(13)16(11)14;2*1-2/h1-10H;2*1-2H3. The highest BCUT2D eigenvalue weighted by atomic mass is 14.2. The normalized spacial score (nSPS) is 10.0. The summed E-state index contributed by atoms with van der Waals surface area (Å²) in [7, 11) is 0. The summed E-state index contributed by atoms with van der Waals surface area (Å²) in [6.07, 6.45) is 0. The van der Waals surface area contributed by atoms with Gasteiger partial charge in [0.15, 0.2) is 0 Å². The van der Waals surface area contributed by atoms with Crippen molar-refractivity contribution in [2.75, 3.05) is 0 Å². The third-order valence-electron chi connectivity index (χ3n) is 3.41. The van der Waals surface area contributed by atoms with Gasteiger partial charge in [0.1, 0.15) is 0 Å². The van der Waals surface area contributed by atoms with Crippen molar-refractivity contribution in [3.63, 3.8) is 0 Å². The van der Waals surface area contributed by atoms with E-state index in [2.05, 4.69) is 60.7 Å². The van der Waals surface area contributed by atoms with Crippen LogP contribution in [0.15, 0.2) is 60.7 Å². The summed E-state index contributed by atoms with van der Waals surface area (Å²) in [6, 6.07) is 21.8. The van der Waals surface area contributed by atoms with Crippen LogP contribution in [-0.4, -0.2) is 0 Å². The second kappa shape index (κ2) is 6.38. The van der Waals surface area contributed by atoms with Gasteiger partial charge < -0.3 is 0 Å². The average molecular weight is 262 g/mol. The molecule has 0 atom stereocenters. The summed E-state index contributed by atoms with van der Waals surface area (Å²) in [5.41, 5.74) is 5.50. The Morgan fingerprint density at radius 1 is 0.450 bits per heavy atom. The molecule has 0 saturated carbocycles. The van der Waals surface area contributed by atoms with Gasteiger partial charge >= 0.3 is 0 Å². The number of hydrogen-bond acceptors (Lipinski definition) is 0. The molecule has 0 nitrogen and oxygen atoms in total. The molecule has 4 rings (SSSR count). The summed E-state index contributed by atoms with van der Waals surface area (Å²) in [5.74, 6) is 0. The fraction of sp³-hybridized carbons (Fsp3) is 0.200. The lowest BCUT2D eigenvalue weighted by atomic mass is 10.0. The van der Waals surface area contributed by atoms with Gasteiger partial charge in [-0.15, -0.1) is 0 Å². The van der Waals surface area contributed by atoms with E-state index in [0.717, 1.165) is 0 Å². The topological polar surface area (TPSA) is 0 Å². The van der Waals surface area contributed by atoms with Crippen molar-refractivity contribution in [1.29, 1.82) is 0 Å². The zero-order chi connectivity index (χ0) is 14.5. The molecule has 0 N–H and O–H groups in total. The van der Waals surface area contributed by atoms with Crippen LogP contribution in [0.1, 0.15) is 27.7 Å². The predicted octanol–water partition coefficient (Wildman–Crippen LogP) is 6.54. The molecule has 0 unspecified atom stereocenters. The lowest BCUT2D eigenvalue weighted by molar-refractivity contribution is 1.50. The van der Waals surface area contributed by atoms with Crippen molar-refractivity contribution in [1.82, 2.24) is 0 Å². The van der Waals surface area contributed by atoms with E-state index in [1.165, 1.54) is 33.0 Å². The third-order valence-corrected chi connectivity index (χ3v) is 3.41. The molecule has 3 aromatic rings. The Morgan fingerprint density at radius 3 is 1.30 bits per heavy atom. The first-order chi connectivity index (χ1) is 9.95. The van der Waals surface area contributed by atoms with E-state index in [-0.39, 0.29) is 0 Å². The number of hydrogen-bond donors (Lipinski definition) is 0. The van der Waals surface area contributed by atoms with Crippen LogP contribution in [0.4, 0.5) is 0 Å². The molecule has 0 radical (unpaired) electrons. The molecule has 0 amide bonds. The Morgan fingerprint density at radius 2 is 0.850 bits per heavy atom. The maximum absolute atomic E-state index is 2.22. The first-order valence-electron chi connectivity index (χ1n) is 7.57. The minimum absolute atomic E-state index is 1.34. The maximum atomic E-state index is 2.22. The molecule has 3 aromatic carbocycles. The molecule has 0 heteroatoms. The lowest BCUT2D eigenvalue weighted by Crippen LogP contribution is -1.73. The molecular formula is C20H22. The molecule has 0 saturated heterocycles. The Bertz CT molecular complexity index is 650. The summed E-state index contributed by atoms with van der Waals surface area (Å²) in [5, 5.41) is 2.75. The smallest absolute Gasteiger partial charge is 0.00264 e. The van der Waals surface area contributed by atoms with Crippen LogP contribution in [0.3, 0.4) is 0 Å². The predicted molar refractivity (Wildman–Crippen MR) is 91.1 cm³/mol. The van der Waals surface area contributed by atoms with Gasteiger partial charge in [0.05, 0.1) is 0 Å². The Labute approximate surface area is 122 Å². The summed E-state index contributed by atoms with van der Waals surface area (Å²) in [6.45, 7) is 8.00. The molecule has 1 aliphatic rings. The molecule has 0 fully saturated rings. The van der Waals surface area contributed by atoms with Crippen LogP contribution in [0.25, 0.3) is 33.0 Å². The van der Waals surface area contributed by atoms with Crippen LogP contribution >= 0.6 is 0 Å². The summed E-state index contributed by atoms with van der Waals surface area (Å²) in [4.78, 5) is 0. The second-order valence-electron chi connectivity index (χ2n) is 4.25. The quantitative estimate of drug-likeness (QED) is 0.337. The van der Waals surface area contributed by atoms with Crippen LogP contribution in [0, 0.1) is 0 Å².